The molecule has 0 aromatic heterocycles. The molecule has 1 aliphatic heterocycles. The Labute approximate surface area is 131 Å². The van der Waals surface area contributed by atoms with E-state index in [4.69, 9.17) is 9.47 Å². The summed E-state index contributed by atoms with van der Waals surface area (Å²) in [5.74, 6) is 1.68. The average molecular weight is 304 g/mol. The van der Waals surface area contributed by atoms with Crippen LogP contribution in [0.5, 0.6) is 11.5 Å². The van der Waals surface area contributed by atoms with Gasteiger partial charge in [0.05, 0.1) is 20.3 Å². The van der Waals surface area contributed by atoms with Gasteiger partial charge in [0.15, 0.2) is 11.5 Å². The van der Waals surface area contributed by atoms with Gasteiger partial charge in [-0.1, -0.05) is 0 Å². The van der Waals surface area contributed by atoms with Gasteiger partial charge >= 0.3 is 0 Å². The SMILES string of the molecule is COc1cc2c(cc1OC)CC(NC(=O)[C@H]1CCCN1)CC2. The zero-order chi connectivity index (χ0) is 15.5. The van der Waals surface area contributed by atoms with Crippen molar-refractivity contribution >= 4 is 5.91 Å². The van der Waals surface area contributed by atoms with Gasteiger partial charge in [0.25, 0.3) is 0 Å². The van der Waals surface area contributed by atoms with Crippen molar-refractivity contribution in [3.8, 4) is 11.5 Å². The molecule has 1 aliphatic carbocycles. The molecular formula is C17H24N2O3. The number of ether oxygens (including phenoxy) is 2. The maximum absolute atomic E-state index is 12.2. The van der Waals surface area contributed by atoms with E-state index in [0.717, 1.165) is 50.1 Å². The Hall–Kier alpha value is -1.75. The monoisotopic (exact) mass is 304 g/mol. The van der Waals surface area contributed by atoms with Gasteiger partial charge in [-0.3, -0.25) is 4.79 Å². The number of hydrogen-bond acceptors (Lipinski definition) is 4. The van der Waals surface area contributed by atoms with Crippen molar-refractivity contribution in [3.05, 3.63) is 23.3 Å². The Morgan fingerprint density at radius 1 is 1.18 bits per heavy atom. The number of benzene rings is 1. The lowest BCUT2D eigenvalue weighted by Crippen LogP contribution is -2.47. The molecule has 1 fully saturated rings. The molecule has 0 bridgehead atoms. The number of fused-ring (bicyclic) bond motifs is 1. The van der Waals surface area contributed by atoms with Crippen LogP contribution in [-0.4, -0.2) is 38.8 Å². The number of hydrogen-bond donors (Lipinski definition) is 2. The van der Waals surface area contributed by atoms with Crippen LogP contribution in [0.2, 0.25) is 0 Å². The van der Waals surface area contributed by atoms with Crippen molar-refractivity contribution in [3.63, 3.8) is 0 Å². The largest absolute Gasteiger partial charge is 0.493 e. The molecule has 1 aromatic rings. The lowest BCUT2D eigenvalue weighted by atomic mass is 9.87. The summed E-state index contributed by atoms with van der Waals surface area (Å²) in [6.45, 7) is 0.947. The van der Waals surface area contributed by atoms with Gasteiger partial charge in [0.2, 0.25) is 5.91 Å². The van der Waals surface area contributed by atoms with Crippen molar-refractivity contribution in [2.24, 2.45) is 0 Å². The number of nitrogens with one attached hydrogen (secondary N) is 2. The van der Waals surface area contributed by atoms with Crippen LogP contribution in [0.3, 0.4) is 0 Å². The highest BCUT2D eigenvalue weighted by molar-refractivity contribution is 5.82. The van der Waals surface area contributed by atoms with E-state index in [-0.39, 0.29) is 18.0 Å². The lowest BCUT2D eigenvalue weighted by Gasteiger charge is -2.27. The van der Waals surface area contributed by atoms with E-state index in [2.05, 4.69) is 16.7 Å². The topological polar surface area (TPSA) is 59.6 Å². The number of methoxy groups -OCH3 is 2. The third-order valence-corrected chi connectivity index (χ3v) is 4.66. The molecule has 1 heterocycles. The van der Waals surface area contributed by atoms with Gasteiger partial charge in [-0.05, 0) is 61.9 Å². The number of rotatable bonds is 4. The summed E-state index contributed by atoms with van der Waals surface area (Å²) in [5, 5.41) is 6.44. The molecule has 1 unspecified atom stereocenters. The summed E-state index contributed by atoms with van der Waals surface area (Å²) in [4.78, 5) is 12.2. The van der Waals surface area contributed by atoms with Crippen LogP contribution >= 0.6 is 0 Å². The van der Waals surface area contributed by atoms with Gasteiger partial charge in [0.1, 0.15) is 0 Å². The van der Waals surface area contributed by atoms with E-state index in [1.165, 1.54) is 11.1 Å². The summed E-state index contributed by atoms with van der Waals surface area (Å²) >= 11 is 0. The van der Waals surface area contributed by atoms with Crippen molar-refractivity contribution < 1.29 is 14.3 Å². The molecular weight excluding hydrogens is 280 g/mol. The normalized spacial score (nSPS) is 23.7. The Morgan fingerprint density at radius 3 is 2.55 bits per heavy atom. The summed E-state index contributed by atoms with van der Waals surface area (Å²) in [7, 11) is 3.31. The molecule has 1 amide bonds. The standard InChI is InChI=1S/C17H24N2O3/c1-21-15-9-11-5-6-13(8-12(11)10-16(15)22-2)19-17(20)14-4-3-7-18-14/h9-10,13-14,18H,3-8H2,1-2H3,(H,19,20)/t13?,14-/m1/s1. The van der Waals surface area contributed by atoms with E-state index in [1.807, 2.05) is 6.07 Å². The fraction of sp³-hybridized carbons (Fsp3) is 0.588. The van der Waals surface area contributed by atoms with Crippen LogP contribution < -0.4 is 20.1 Å². The van der Waals surface area contributed by atoms with Crippen LogP contribution in [0.1, 0.15) is 30.4 Å². The summed E-state index contributed by atoms with van der Waals surface area (Å²) < 4.78 is 10.7. The maximum atomic E-state index is 12.2. The first-order valence-corrected chi connectivity index (χ1v) is 7.99. The highest BCUT2D eigenvalue weighted by atomic mass is 16.5. The molecule has 0 saturated carbocycles. The van der Waals surface area contributed by atoms with Crippen molar-refractivity contribution in [2.75, 3.05) is 20.8 Å². The first-order chi connectivity index (χ1) is 10.7. The highest BCUT2D eigenvalue weighted by Crippen LogP contribution is 2.34. The second-order valence-electron chi connectivity index (χ2n) is 6.07. The van der Waals surface area contributed by atoms with Gasteiger partial charge in [-0.15, -0.1) is 0 Å². The Kier molecular flexibility index (Phi) is 4.52. The molecule has 2 aliphatic rings. The first kappa shape index (κ1) is 15.2. The molecule has 1 saturated heterocycles. The number of carbonyl (C=O) groups is 1. The Morgan fingerprint density at radius 2 is 1.91 bits per heavy atom. The first-order valence-electron chi connectivity index (χ1n) is 7.99. The molecule has 22 heavy (non-hydrogen) atoms. The third-order valence-electron chi connectivity index (χ3n) is 4.66. The molecule has 120 valence electrons. The maximum Gasteiger partial charge on any atom is 0.237 e. The molecule has 5 heteroatoms. The van der Waals surface area contributed by atoms with Crippen LogP contribution in [0.25, 0.3) is 0 Å². The van der Waals surface area contributed by atoms with Crippen LogP contribution in [0.4, 0.5) is 0 Å². The van der Waals surface area contributed by atoms with Crippen molar-refractivity contribution in [2.45, 2.75) is 44.2 Å². The van der Waals surface area contributed by atoms with Gasteiger partial charge in [0, 0.05) is 6.04 Å². The molecule has 2 N–H and O–H groups in total. The average Bonchev–Trinajstić information content (AvgIpc) is 3.08. The second kappa shape index (κ2) is 6.57. The molecule has 0 spiro atoms. The van der Waals surface area contributed by atoms with Crippen molar-refractivity contribution in [1.29, 1.82) is 0 Å². The Balaban J connectivity index is 1.69. The second-order valence-corrected chi connectivity index (χ2v) is 6.07. The molecule has 0 radical (unpaired) electrons. The zero-order valence-electron chi connectivity index (χ0n) is 13.3. The smallest absolute Gasteiger partial charge is 0.237 e. The highest BCUT2D eigenvalue weighted by Gasteiger charge is 2.27. The van der Waals surface area contributed by atoms with Crippen LogP contribution in [0, 0.1) is 0 Å². The minimum Gasteiger partial charge on any atom is -0.493 e. The number of amides is 1. The summed E-state index contributed by atoms with van der Waals surface area (Å²) in [6.07, 6.45) is 4.82. The fourth-order valence-electron chi connectivity index (χ4n) is 3.42. The molecule has 2 atom stereocenters. The van der Waals surface area contributed by atoms with E-state index >= 15 is 0 Å². The number of aryl methyl sites for hydroxylation is 1. The summed E-state index contributed by atoms with van der Waals surface area (Å²) in [6, 6.07) is 4.30. The minimum absolute atomic E-state index is 0.00759. The molecule has 1 aromatic carbocycles. The van der Waals surface area contributed by atoms with Crippen molar-refractivity contribution in [1.82, 2.24) is 10.6 Å². The van der Waals surface area contributed by atoms with E-state index in [9.17, 15) is 4.79 Å². The van der Waals surface area contributed by atoms with Gasteiger partial charge in [-0.25, -0.2) is 0 Å². The number of carbonyl (C=O) groups excluding carboxylic acids is 1. The lowest BCUT2D eigenvalue weighted by molar-refractivity contribution is -0.123. The predicted molar refractivity (Wildman–Crippen MR) is 84.5 cm³/mol. The van der Waals surface area contributed by atoms with E-state index < -0.39 is 0 Å². The van der Waals surface area contributed by atoms with Gasteiger partial charge in [-0.2, -0.15) is 0 Å². The van der Waals surface area contributed by atoms with E-state index in [0.29, 0.717) is 0 Å². The fourth-order valence-corrected chi connectivity index (χ4v) is 3.42. The quantitative estimate of drug-likeness (QED) is 0.883. The predicted octanol–water partition coefficient (Wildman–Crippen LogP) is 1.43. The Bertz CT molecular complexity index is 553. The zero-order valence-corrected chi connectivity index (χ0v) is 13.3. The summed E-state index contributed by atoms with van der Waals surface area (Å²) in [5.41, 5.74) is 2.54. The minimum atomic E-state index is -0.00759. The van der Waals surface area contributed by atoms with E-state index in [1.54, 1.807) is 14.2 Å². The molecule has 3 rings (SSSR count). The van der Waals surface area contributed by atoms with Gasteiger partial charge < -0.3 is 20.1 Å². The third kappa shape index (κ3) is 3.04. The van der Waals surface area contributed by atoms with Crippen LogP contribution in [0.15, 0.2) is 12.1 Å². The van der Waals surface area contributed by atoms with Crippen LogP contribution in [-0.2, 0) is 17.6 Å². The molecule has 5 nitrogen and oxygen atoms in total.